The van der Waals surface area contributed by atoms with Crippen molar-refractivity contribution in [2.75, 3.05) is 0 Å². The molecule has 0 radical (unpaired) electrons. The Morgan fingerprint density at radius 2 is 1.71 bits per heavy atom. The van der Waals surface area contributed by atoms with E-state index < -0.39 is 10.1 Å². The molecule has 0 amide bonds. The fraction of sp³-hybridized carbons (Fsp3) is 0.250. The first-order valence-electron chi connectivity index (χ1n) is 6.66. The first-order valence-corrected chi connectivity index (χ1v) is 8.07. The predicted molar refractivity (Wildman–Crippen MR) is 78.5 cm³/mol. The van der Waals surface area contributed by atoms with Gasteiger partial charge in [-0.1, -0.05) is 55.8 Å². The van der Waals surface area contributed by atoms with Gasteiger partial charge in [-0.2, -0.15) is 0 Å². The SMILES string of the molecule is CCCCc1ccc(-c2ccccc2)c(S(=O)(=O)[O-])c1.[Na+]. The van der Waals surface area contributed by atoms with Gasteiger partial charge in [0.1, 0.15) is 10.1 Å². The van der Waals surface area contributed by atoms with Crippen LogP contribution in [-0.2, 0) is 16.5 Å². The number of aryl methyl sites for hydroxylation is 1. The Bertz CT molecular complexity index is 682. The van der Waals surface area contributed by atoms with E-state index in [0.29, 0.717) is 5.56 Å². The van der Waals surface area contributed by atoms with Crippen LogP contribution < -0.4 is 29.6 Å². The smallest absolute Gasteiger partial charge is 0.744 e. The third-order valence-electron chi connectivity index (χ3n) is 3.22. The summed E-state index contributed by atoms with van der Waals surface area (Å²) in [5.74, 6) is 0. The van der Waals surface area contributed by atoms with E-state index in [2.05, 4.69) is 6.92 Å². The van der Waals surface area contributed by atoms with Gasteiger partial charge in [0.25, 0.3) is 0 Å². The maximum atomic E-state index is 11.5. The zero-order valence-electron chi connectivity index (χ0n) is 12.4. The maximum Gasteiger partial charge on any atom is 1.00 e. The summed E-state index contributed by atoms with van der Waals surface area (Å²) in [7, 11) is -4.48. The summed E-state index contributed by atoms with van der Waals surface area (Å²) in [4.78, 5) is -0.127. The second-order valence-electron chi connectivity index (χ2n) is 4.75. The molecule has 0 saturated heterocycles. The standard InChI is InChI=1S/C16H18O3S.Na/c1-2-3-7-13-10-11-15(14-8-5-4-6-9-14)16(12-13)20(17,18)19;/h4-6,8-12H,2-3,7H2,1H3,(H,17,18,19);/q;+1/p-1. The Hall–Kier alpha value is -0.650. The number of unbranched alkanes of at least 4 members (excludes halogenated alkanes) is 1. The summed E-state index contributed by atoms with van der Waals surface area (Å²) in [5.41, 5.74) is 2.10. The zero-order valence-corrected chi connectivity index (χ0v) is 15.2. The normalized spacial score (nSPS) is 11.0. The molecular weight excluding hydrogens is 295 g/mol. The average molecular weight is 312 g/mol. The van der Waals surface area contributed by atoms with Crippen LogP contribution in [0, 0.1) is 0 Å². The van der Waals surface area contributed by atoms with Crippen LogP contribution in [0.3, 0.4) is 0 Å². The van der Waals surface area contributed by atoms with Crippen molar-refractivity contribution in [3.8, 4) is 11.1 Å². The van der Waals surface area contributed by atoms with Crippen LogP contribution in [0.2, 0.25) is 0 Å². The van der Waals surface area contributed by atoms with E-state index >= 15 is 0 Å². The van der Waals surface area contributed by atoms with Crippen molar-refractivity contribution in [1.82, 2.24) is 0 Å². The third-order valence-corrected chi connectivity index (χ3v) is 4.10. The summed E-state index contributed by atoms with van der Waals surface area (Å²) in [6, 6.07) is 14.2. The molecule has 0 atom stereocenters. The Labute approximate surface area is 148 Å². The maximum absolute atomic E-state index is 11.5. The minimum atomic E-state index is -4.48. The van der Waals surface area contributed by atoms with E-state index in [4.69, 9.17) is 0 Å². The molecule has 3 nitrogen and oxygen atoms in total. The topological polar surface area (TPSA) is 57.2 Å². The van der Waals surface area contributed by atoms with Crippen LogP contribution in [0.5, 0.6) is 0 Å². The Morgan fingerprint density at radius 1 is 1.05 bits per heavy atom. The van der Waals surface area contributed by atoms with Gasteiger partial charge in [-0.3, -0.25) is 0 Å². The first-order chi connectivity index (χ1) is 9.52. The van der Waals surface area contributed by atoms with Crippen LogP contribution >= 0.6 is 0 Å². The molecule has 106 valence electrons. The molecule has 0 aliphatic rings. The molecule has 5 heteroatoms. The molecule has 0 unspecified atom stereocenters. The molecule has 0 fully saturated rings. The van der Waals surface area contributed by atoms with Crippen molar-refractivity contribution < 1.29 is 42.5 Å². The molecule has 0 aliphatic carbocycles. The molecule has 0 aromatic heterocycles. The van der Waals surface area contributed by atoms with Crippen LogP contribution in [0.15, 0.2) is 53.4 Å². The third kappa shape index (κ3) is 4.94. The zero-order chi connectivity index (χ0) is 14.6. The van der Waals surface area contributed by atoms with Crippen molar-refractivity contribution in [1.29, 1.82) is 0 Å². The molecule has 0 bridgehead atoms. The van der Waals surface area contributed by atoms with Gasteiger partial charge in [-0.05, 0) is 35.6 Å². The first kappa shape index (κ1) is 18.4. The monoisotopic (exact) mass is 312 g/mol. The second-order valence-corrected chi connectivity index (χ2v) is 6.10. The summed E-state index contributed by atoms with van der Waals surface area (Å²) >= 11 is 0. The molecule has 21 heavy (non-hydrogen) atoms. The summed E-state index contributed by atoms with van der Waals surface area (Å²) in [6.45, 7) is 2.07. The van der Waals surface area contributed by atoms with E-state index in [1.54, 1.807) is 18.2 Å². The summed E-state index contributed by atoms with van der Waals surface area (Å²) in [6.07, 6.45) is 2.79. The van der Waals surface area contributed by atoms with Gasteiger partial charge in [0.15, 0.2) is 0 Å². The second kappa shape index (κ2) is 8.11. The fourth-order valence-electron chi connectivity index (χ4n) is 2.17. The van der Waals surface area contributed by atoms with Crippen molar-refractivity contribution in [2.24, 2.45) is 0 Å². The molecular formula is C16H17NaO3S. The molecule has 2 aromatic rings. The molecule has 0 heterocycles. The van der Waals surface area contributed by atoms with Crippen LogP contribution in [0.1, 0.15) is 25.3 Å². The van der Waals surface area contributed by atoms with Crippen molar-refractivity contribution in [3.05, 3.63) is 54.1 Å². The Kier molecular flexibility index (Phi) is 7.10. The minimum absolute atomic E-state index is 0. The number of benzene rings is 2. The average Bonchev–Trinajstić information content (AvgIpc) is 2.45. The van der Waals surface area contributed by atoms with E-state index in [1.807, 2.05) is 24.3 Å². The van der Waals surface area contributed by atoms with Crippen molar-refractivity contribution >= 4 is 10.1 Å². The number of hydrogen-bond donors (Lipinski definition) is 0. The molecule has 0 N–H and O–H groups in total. The Balaban J connectivity index is 0.00000220. The van der Waals surface area contributed by atoms with E-state index in [0.717, 1.165) is 30.4 Å². The number of rotatable bonds is 5. The van der Waals surface area contributed by atoms with Crippen LogP contribution in [0.25, 0.3) is 11.1 Å². The quantitative estimate of drug-likeness (QED) is 0.600. The van der Waals surface area contributed by atoms with Gasteiger partial charge in [-0.15, -0.1) is 0 Å². The van der Waals surface area contributed by atoms with Crippen molar-refractivity contribution in [2.45, 2.75) is 31.1 Å². The molecule has 0 aliphatic heterocycles. The van der Waals surface area contributed by atoms with Gasteiger partial charge < -0.3 is 4.55 Å². The van der Waals surface area contributed by atoms with Gasteiger partial charge in [-0.25, -0.2) is 8.42 Å². The number of hydrogen-bond acceptors (Lipinski definition) is 3. The van der Waals surface area contributed by atoms with Gasteiger partial charge in [0.2, 0.25) is 0 Å². The van der Waals surface area contributed by atoms with Crippen molar-refractivity contribution in [3.63, 3.8) is 0 Å². The fourth-order valence-corrected chi connectivity index (χ4v) is 2.92. The molecule has 2 rings (SSSR count). The largest absolute Gasteiger partial charge is 1.00 e. The van der Waals surface area contributed by atoms with E-state index in [9.17, 15) is 13.0 Å². The molecule has 2 aromatic carbocycles. The molecule has 0 saturated carbocycles. The van der Waals surface area contributed by atoms with E-state index in [-0.39, 0.29) is 34.5 Å². The van der Waals surface area contributed by atoms with Gasteiger partial charge in [0, 0.05) is 0 Å². The van der Waals surface area contributed by atoms with Crippen LogP contribution in [0.4, 0.5) is 0 Å². The Morgan fingerprint density at radius 3 is 2.29 bits per heavy atom. The van der Waals surface area contributed by atoms with Gasteiger partial charge in [0.05, 0.1) is 4.90 Å². The van der Waals surface area contributed by atoms with Gasteiger partial charge >= 0.3 is 29.6 Å². The molecule has 0 spiro atoms. The van der Waals surface area contributed by atoms with E-state index in [1.165, 1.54) is 6.07 Å². The summed E-state index contributed by atoms with van der Waals surface area (Å²) < 4.78 is 34.5. The summed E-state index contributed by atoms with van der Waals surface area (Å²) in [5, 5.41) is 0. The minimum Gasteiger partial charge on any atom is -0.744 e. The van der Waals surface area contributed by atoms with Crippen LogP contribution in [-0.4, -0.2) is 13.0 Å². The predicted octanol–water partition coefficient (Wildman–Crippen LogP) is 0.604.